The minimum absolute atomic E-state index is 0.329. The van der Waals surface area contributed by atoms with Crippen LogP contribution in [0.2, 0.25) is 0 Å². The Morgan fingerprint density at radius 3 is 2.18 bits per heavy atom. The lowest BCUT2D eigenvalue weighted by Crippen LogP contribution is -2.25. The van der Waals surface area contributed by atoms with Gasteiger partial charge in [-0.1, -0.05) is 13.8 Å². The Bertz CT molecular complexity index is 97.7. The molecule has 0 amide bonds. The third kappa shape index (κ3) is 6.32. The van der Waals surface area contributed by atoms with Gasteiger partial charge in [-0.15, -0.1) is 0 Å². The summed E-state index contributed by atoms with van der Waals surface area (Å²) >= 11 is 0. The zero-order chi connectivity index (χ0) is 8.91. The highest BCUT2D eigenvalue weighted by molar-refractivity contribution is 4.69. The second kappa shape index (κ2) is 4.73. The third-order valence-electron chi connectivity index (χ3n) is 2.01. The second-order valence-corrected chi connectivity index (χ2v) is 4.28. The van der Waals surface area contributed by atoms with Gasteiger partial charge in [-0.25, -0.2) is 0 Å². The SMILES string of the molecule is CN(C)CCCC(C)(C)CN. The summed E-state index contributed by atoms with van der Waals surface area (Å²) < 4.78 is 0. The first-order valence-electron chi connectivity index (χ1n) is 4.33. The Morgan fingerprint density at radius 2 is 1.82 bits per heavy atom. The van der Waals surface area contributed by atoms with E-state index in [1.54, 1.807) is 0 Å². The van der Waals surface area contributed by atoms with Gasteiger partial charge in [0.25, 0.3) is 0 Å². The molecule has 0 aromatic carbocycles. The van der Waals surface area contributed by atoms with Crippen LogP contribution in [-0.2, 0) is 0 Å². The maximum Gasteiger partial charge on any atom is -0.00246 e. The minimum atomic E-state index is 0.329. The molecule has 0 spiro atoms. The molecule has 0 aliphatic carbocycles. The summed E-state index contributed by atoms with van der Waals surface area (Å²) in [5, 5.41) is 0. The standard InChI is InChI=1S/C9H22N2/c1-9(2,8-10)6-5-7-11(3)4/h5-8,10H2,1-4H3. The van der Waals surface area contributed by atoms with Crippen LogP contribution in [0, 0.1) is 5.41 Å². The van der Waals surface area contributed by atoms with Crippen molar-refractivity contribution in [2.45, 2.75) is 26.7 Å². The molecule has 2 N–H and O–H groups in total. The molecule has 0 aromatic heterocycles. The summed E-state index contributed by atoms with van der Waals surface area (Å²) in [7, 11) is 4.21. The molecular formula is C9H22N2. The van der Waals surface area contributed by atoms with Crippen LogP contribution < -0.4 is 5.73 Å². The van der Waals surface area contributed by atoms with Crippen LogP contribution >= 0.6 is 0 Å². The van der Waals surface area contributed by atoms with E-state index in [1.807, 2.05) is 0 Å². The summed E-state index contributed by atoms with van der Waals surface area (Å²) in [6, 6.07) is 0. The molecule has 2 nitrogen and oxygen atoms in total. The highest BCUT2D eigenvalue weighted by Crippen LogP contribution is 2.19. The lowest BCUT2D eigenvalue weighted by atomic mass is 9.88. The monoisotopic (exact) mass is 158 g/mol. The molecule has 0 bridgehead atoms. The number of nitrogens with two attached hydrogens (primary N) is 1. The van der Waals surface area contributed by atoms with Crippen LogP contribution in [0.3, 0.4) is 0 Å². The largest absolute Gasteiger partial charge is 0.330 e. The number of hydrogen-bond donors (Lipinski definition) is 1. The first kappa shape index (κ1) is 10.9. The summed E-state index contributed by atoms with van der Waals surface area (Å²) in [5.41, 5.74) is 5.94. The van der Waals surface area contributed by atoms with Gasteiger partial charge in [0.05, 0.1) is 0 Å². The predicted molar refractivity (Wildman–Crippen MR) is 50.6 cm³/mol. The van der Waals surface area contributed by atoms with Crippen LogP contribution in [0.25, 0.3) is 0 Å². The van der Waals surface area contributed by atoms with Gasteiger partial charge in [0.2, 0.25) is 0 Å². The fourth-order valence-corrected chi connectivity index (χ4v) is 0.976. The Morgan fingerprint density at radius 1 is 1.27 bits per heavy atom. The maximum absolute atomic E-state index is 5.61. The van der Waals surface area contributed by atoms with E-state index in [-0.39, 0.29) is 0 Å². The van der Waals surface area contributed by atoms with Gasteiger partial charge in [-0.3, -0.25) is 0 Å². The lowest BCUT2D eigenvalue weighted by Gasteiger charge is -2.22. The van der Waals surface area contributed by atoms with Crippen molar-refractivity contribution < 1.29 is 0 Å². The Labute approximate surface area is 70.8 Å². The summed E-state index contributed by atoms with van der Waals surface area (Å²) in [6.45, 7) is 6.41. The van der Waals surface area contributed by atoms with E-state index in [2.05, 4.69) is 32.8 Å². The smallest absolute Gasteiger partial charge is 0.00246 e. The molecule has 0 saturated carbocycles. The summed E-state index contributed by atoms with van der Waals surface area (Å²) in [6.07, 6.45) is 2.47. The van der Waals surface area contributed by atoms with Crippen molar-refractivity contribution in [3.63, 3.8) is 0 Å². The van der Waals surface area contributed by atoms with Crippen LogP contribution in [-0.4, -0.2) is 32.1 Å². The summed E-state index contributed by atoms with van der Waals surface area (Å²) in [4.78, 5) is 2.21. The number of nitrogens with zero attached hydrogens (tertiary/aromatic N) is 1. The normalized spacial score (nSPS) is 12.5. The van der Waals surface area contributed by atoms with Crippen LogP contribution in [0.15, 0.2) is 0 Å². The first-order valence-corrected chi connectivity index (χ1v) is 4.33. The molecule has 0 atom stereocenters. The van der Waals surface area contributed by atoms with E-state index in [1.165, 1.54) is 19.4 Å². The van der Waals surface area contributed by atoms with Gasteiger partial charge >= 0.3 is 0 Å². The van der Waals surface area contributed by atoms with Gasteiger partial charge < -0.3 is 10.6 Å². The lowest BCUT2D eigenvalue weighted by molar-refractivity contribution is 0.302. The summed E-state index contributed by atoms with van der Waals surface area (Å²) in [5.74, 6) is 0. The molecule has 0 aromatic rings. The topological polar surface area (TPSA) is 29.3 Å². The Hall–Kier alpha value is -0.0800. The molecule has 0 radical (unpaired) electrons. The number of hydrogen-bond acceptors (Lipinski definition) is 2. The molecule has 0 aliphatic heterocycles. The molecule has 0 unspecified atom stereocenters. The zero-order valence-corrected chi connectivity index (χ0v) is 8.35. The first-order chi connectivity index (χ1) is 4.98. The molecule has 0 saturated heterocycles. The maximum atomic E-state index is 5.61. The molecule has 0 heterocycles. The molecule has 11 heavy (non-hydrogen) atoms. The van der Waals surface area contributed by atoms with Gasteiger partial charge in [0.15, 0.2) is 0 Å². The van der Waals surface area contributed by atoms with Crippen molar-refractivity contribution in [3.8, 4) is 0 Å². The van der Waals surface area contributed by atoms with Crippen molar-refractivity contribution in [3.05, 3.63) is 0 Å². The predicted octanol–water partition coefficient (Wildman–Crippen LogP) is 1.31. The van der Waals surface area contributed by atoms with Crippen molar-refractivity contribution in [2.24, 2.45) is 11.1 Å². The van der Waals surface area contributed by atoms with Crippen LogP contribution in [0.4, 0.5) is 0 Å². The van der Waals surface area contributed by atoms with E-state index in [0.717, 1.165) is 6.54 Å². The zero-order valence-electron chi connectivity index (χ0n) is 8.35. The molecule has 0 aliphatic rings. The third-order valence-corrected chi connectivity index (χ3v) is 2.01. The van der Waals surface area contributed by atoms with E-state index in [4.69, 9.17) is 5.73 Å². The van der Waals surface area contributed by atoms with Crippen molar-refractivity contribution in [1.29, 1.82) is 0 Å². The van der Waals surface area contributed by atoms with Crippen molar-refractivity contribution in [2.75, 3.05) is 27.2 Å². The molecule has 0 fully saturated rings. The van der Waals surface area contributed by atoms with Crippen LogP contribution in [0.5, 0.6) is 0 Å². The fraction of sp³-hybridized carbons (Fsp3) is 1.00. The van der Waals surface area contributed by atoms with E-state index < -0.39 is 0 Å². The minimum Gasteiger partial charge on any atom is -0.330 e. The number of rotatable bonds is 5. The van der Waals surface area contributed by atoms with Crippen LogP contribution in [0.1, 0.15) is 26.7 Å². The highest BCUT2D eigenvalue weighted by atomic mass is 15.0. The van der Waals surface area contributed by atoms with Crippen molar-refractivity contribution >= 4 is 0 Å². The fourth-order valence-electron chi connectivity index (χ4n) is 0.976. The molecular weight excluding hydrogens is 136 g/mol. The Balaban J connectivity index is 3.38. The highest BCUT2D eigenvalue weighted by Gasteiger charge is 2.14. The quantitative estimate of drug-likeness (QED) is 0.653. The van der Waals surface area contributed by atoms with Crippen molar-refractivity contribution in [1.82, 2.24) is 4.90 Å². The average Bonchev–Trinajstić information content (AvgIpc) is 1.87. The molecule has 2 heteroatoms. The average molecular weight is 158 g/mol. The second-order valence-electron chi connectivity index (χ2n) is 4.28. The van der Waals surface area contributed by atoms with Gasteiger partial charge in [0.1, 0.15) is 0 Å². The molecule has 68 valence electrons. The van der Waals surface area contributed by atoms with E-state index in [9.17, 15) is 0 Å². The Kier molecular flexibility index (Phi) is 4.69. The molecule has 0 rings (SSSR count). The van der Waals surface area contributed by atoms with E-state index in [0.29, 0.717) is 5.41 Å². The van der Waals surface area contributed by atoms with E-state index >= 15 is 0 Å². The van der Waals surface area contributed by atoms with Gasteiger partial charge in [-0.2, -0.15) is 0 Å². The van der Waals surface area contributed by atoms with Gasteiger partial charge in [-0.05, 0) is 45.4 Å². The van der Waals surface area contributed by atoms with Gasteiger partial charge in [0, 0.05) is 0 Å².